The molecule has 2 heterocycles. The number of carbonyl (C=O) groups excluding carboxylic acids is 1. The summed E-state index contributed by atoms with van der Waals surface area (Å²) in [6.45, 7) is 0.589. The fraction of sp³-hybridized carbons (Fsp3) is 0.364. The molecular weight excluding hydrogens is 224 g/mol. The lowest BCUT2D eigenvalue weighted by Crippen LogP contribution is -2.27. The summed E-state index contributed by atoms with van der Waals surface area (Å²) in [5.74, 6) is -1.34. The van der Waals surface area contributed by atoms with Crippen LogP contribution < -0.4 is 5.32 Å². The summed E-state index contributed by atoms with van der Waals surface area (Å²) in [6.07, 6.45) is 3.75. The van der Waals surface area contributed by atoms with E-state index in [-0.39, 0.29) is 11.5 Å². The Kier molecular flexibility index (Phi) is 3.34. The Morgan fingerprint density at radius 2 is 2.29 bits per heavy atom. The van der Waals surface area contributed by atoms with Gasteiger partial charge in [0.2, 0.25) is 0 Å². The summed E-state index contributed by atoms with van der Waals surface area (Å²) in [4.78, 5) is 26.2. The molecule has 1 aliphatic heterocycles. The largest absolute Gasteiger partial charge is 0.478 e. The van der Waals surface area contributed by atoms with Crippen molar-refractivity contribution in [3.05, 3.63) is 24.0 Å². The van der Waals surface area contributed by atoms with E-state index in [1.54, 1.807) is 0 Å². The van der Waals surface area contributed by atoms with E-state index in [0.717, 1.165) is 6.42 Å². The highest BCUT2D eigenvalue weighted by Gasteiger charge is 2.23. The molecule has 1 atom stereocenters. The summed E-state index contributed by atoms with van der Waals surface area (Å²) in [7, 11) is 0. The van der Waals surface area contributed by atoms with Gasteiger partial charge < -0.3 is 15.2 Å². The van der Waals surface area contributed by atoms with E-state index in [1.807, 2.05) is 0 Å². The average Bonchev–Trinajstić information content (AvgIpc) is 2.82. The maximum absolute atomic E-state index is 11.7. The number of ether oxygens (including phenoxy) is 1. The first-order chi connectivity index (χ1) is 8.16. The summed E-state index contributed by atoms with van der Waals surface area (Å²) in [6, 6.07) is 1.36. The molecule has 2 rings (SSSR count). The van der Waals surface area contributed by atoms with Crippen LogP contribution >= 0.6 is 0 Å². The standard InChI is InChI=1S/C11H12N2O4/c14-10(9-2-1-3-17-9)13-8-4-7(11(15)16)5-12-6-8/h4-6,9H,1-3H2,(H,13,14)(H,15,16)/t9-/m1/s1. The van der Waals surface area contributed by atoms with E-state index in [2.05, 4.69) is 10.3 Å². The molecule has 0 saturated carbocycles. The Bertz CT molecular complexity index is 441. The zero-order valence-corrected chi connectivity index (χ0v) is 9.05. The summed E-state index contributed by atoms with van der Waals surface area (Å²) >= 11 is 0. The third-order valence-corrected chi connectivity index (χ3v) is 2.47. The molecule has 1 aromatic rings. The molecule has 0 radical (unpaired) electrons. The van der Waals surface area contributed by atoms with Gasteiger partial charge in [-0.05, 0) is 18.9 Å². The molecule has 0 bridgehead atoms. The normalized spacial score (nSPS) is 18.9. The first-order valence-corrected chi connectivity index (χ1v) is 5.27. The number of aromatic nitrogens is 1. The lowest BCUT2D eigenvalue weighted by Gasteiger charge is -2.10. The van der Waals surface area contributed by atoms with Crippen molar-refractivity contribution in [2.75, 3.05) is 11.9 Å². The second-order valence-corrected chi connectivity index (χ2v) is 3.76. The molecule has 1 amide bonds. The summed E-state index contributed by atoms with van der Waals surface area (Å²) < 4.78 is 5.22. The predicted octanol–water partition coefficient (Wildman–Crippen LogP) is 0.897. The van der Waals surface area contributed by atoms with Gasteiger partial charge in [-0.15, -0.1) is 0 Å². The van der Waals surface area contributed by atoms with Crippen molar-refractivity contribution in [2.24, 2.45) is 0 Å². The number of rotatable bonds is 3. The van der Waals surface area contributed by atoms with Crippen LogP contribution in [0.1, 0.15) is 23.2 Å². The summed E-state index contributed by atoms with van der Waals surface area (Å²) in [5.41, 5.74) is 0.403. The lowest BCUT2D eigenvalue weighted by atomic mass is 10.2. The molecule has 0 aromatic carbocycles. The second-order valence-electron chi connectivity index (χ2n) is 3.76. The molecule has 6 nitrogen and oxygen atoms in total. The molecule has 1 aromatic heterocycles. The van der Waals surface area contributed by atoms with Crippen LogP contribution in [0, 0.1) is 0 Å². The maximum atomic E-state index is 11.7. The number of carboxylic acid groups (broad SMARTS) is 1. The van der Waals surface area contributed by atoms with E-state index in [4.69, 9.17) is 9.84 Å². The third kappa shape index (κ3) is 2.79. The van der Waals surface area contributed by atoms with Crippen molar-refractivity contribution in [3.8, 4) is 0 Å². The number of nitrogens with one attached hydrogen (secondary N) is 1. The molecule has 0 aliphatic carbocycles. The lowest BCUT2D eigenvalue weighted by molar-refractivity contribution is -0.124. The van der Waals surface area contributed by atoms with Crippen molar-refractivity contribution < 1.29 is 19.4 Å². The van der Waals surface area contributed by atoms with Crippen LogP contribution in [0.25, 0.3) is 0 Å². The molecule has 0 spiro atoms. The minimum Gasteiger partial charge on any atom is -0.478 e. The number of aromatic carboxylic acids is 1. The molecule has 1 saturated heterocycles. The Morgan fingerprint density at radius 1 is 1.47 bits per heavy atom. The highest BCUT2D eigenvalue weighted by atomic mass is 16.5. The topological polar surface area (TPSA) is 88.5 Å². The molecule has 2 N–H and O–H groups in total. The van der Waals surface area contributed by atoms with E-state index >= 15 is 0 Å². The van der Waals surface area contributed by atoms with Gasteiger partial charge in [0.05, 0.1) is 17.4 Å². The minimum absolute atomic E-state index is 0.0372. The molecule has 17 heavy (non-hydrogen) atoms. The molecular formula is C11H12N2O4. The van der Waals surface area contributed by atoms with Gasteiger partial charge >= 0.3 is 5.97 Å². The van der Waals surface area contributed by atoms with Crippen LogP contribution in [0.15, 0.2) is 18.5 Å². The Hall–Kier alpha value is -1.95. The van der Waals surface area contributed by atoms with E-state index < -0.39 is 12.1 Å². The number of hydrogen-bond donors (Lipinski definition) is 2. The van der Waals surface area contributed by atoms with Gasteiger partial charge in [-0.1, -0.05) is 0 Å². The van der Waals surface area contributed by atoms with Gasteiger partial charge in [-0.25, -0.2) is 4.79 Å². The van der Waals surface area contributed by atoms with Gasteiger partial charge in [0.15, 0.2) is 0 Å². The fourth-order valence-corrected chi connectivity index (χ4v) is 1.63. The van der Waals surface area contributed by atoms with Crippen LogP contribution in [0.3, 0.4) is 0 Å². The van der Waals surface area contributed by atoms with Crippen molar-refractivity contribution >= 4 is 17.6 Å². The zero-order chi connectivity index (χ0) is 12.3. The van der Waals surface area contributed by atoms with Crippen LogP contribution in [-0.2, 0) is 9.53 Å². The number of carbonyl (C=O) groups is 2. The van der Waals surface area contributed by atoms with Crippen molar-refractivity contribution in [1.29, 1.82) is 0 Å². The van der Waals surface area contributed by atoms with Crippen molar-refractivity contribution in [3.63, 3.8) is 0 Å². The number of carboxylic acids is 1. The Labute approximate surface area is 97.6 Å². The monoisotopic (exact) mass is 236 g/mol. The van der Waals surface area contributed by atoms with Crippen LogP contribution in [0.2, 0.25) is 0 Å². The first kappa shape index (κ1) is 11.5. The average molecular weight is 236 g/mol. The van der Waals surface area contributed by atoms with E-state index in [1.165, 1.54) is 18.5 Å². The summed E-state index contributed by atoms with van der Waals surface area (Å²) in [5, 5.41) is 11.4. The number of pyridine rings is 1. The van der Waals surface area contributed by atoms with Gasteiger partial charge in [0.1, 0.15) is 6.10 Å². The van der Waals surface area contributed by atoms with Gasteiger partial charge in [0, 0.05) is 12.8 Å². The second kappa shape index (κ2) is 4.92. The SMILES string of the molecule is O=C(O)c1cncc(NC(=O)[C@H]2CCCO2)c1. The molecule has 1 fully saturated rings. The zero-order valence-electron chi connectivity index (χ0n) is 9.05. The Balaban J connectivity index is 2.05. The van der Waals surface area contributed by atoms with Crippen LogP contribution in [0.4, 0.5) is 5.69 Å². The number of nitrogens with zero attached hydrogens (tertiary/aromatic N) is 1. The minimum atomic E-state index is -1.08. The van der Waals surface area contributed by atoms with Crippen molar-refractivity contribution in [2.45, 2.75) is 18.9 Å². The highest BCUT2D eigenvalue weighted by Crippen LogP contribution is 2.15. The predicted molar refractivity (Wildman–Crippen MR) is 58.8 cm³/mol. The molecule has 1 aliphatic rings. The van der Waals surface area contributed by atoms with Crippen LogP contribution in [0.5, 0.6) is 0 Å². The fourth-order valence-electron chi connectivity index (χ4n) is 1.63. The molecule has 0 unspecified atom stereocenters. The van der Waals surface area contributed by atoms with Gasteiger partial charge in [-0.2, -0.15) is 0 Å². The van der Waals surface area contributed by atoms with Gasteiger partial charge in [0.25, 0.3) is 5.91 Å². The number of anilines is 1. The first-order valence-electron chi connectivity index (χ1n) is 5.27. The van der Waals surface area contributed by atoms with E-state index in [9.17, 15) is 9.59 Å². The van der Waals surface area contributed by atoms with Crippen molar-refractivity contribution in [1.82, 2.24) is 4.98 Å². The van der Waals surface area contributed by atoms with Crippen LogP contribution in [-0.4, -0.2) is 34.7 Å². The number of hydrogen-bond acceptors (Lipinski definition) is 4. The third-order valence-electron chi connectivity index (χ3n) is 2.47. The number of amides is 1. The maximum Gasteiger partial charge on any atom is 0.337 e. The van der Waals surface area contributed by atoms with E-state index in [0.29, 0.717) is 18.7 Å². The smallest absolute Gasteiger partial charge is 0.337 e. The Morgan fingerprint density at radius 3 is 2.94 bits per heavy atom. The highest BCUT2D eigenvalue weighted by molar-refractivity contribution is 5.95. The quantitative estimate of drug-likeness (QED) is 0.813. The molecule has 6 heteroatoms. The van der Waals surface area contributed by atoms with Gasteiger partial charge in [-0.3, -0.25) is 9.78 Å². The molecule has 90 valence electrons.